The zero-order valence-corrected chi connectivity index (χ0v) is 9.29. The minimum Gasteiger partial charge on any atom is -0.281 e. The van der Waals surface area contributed by atoms with Gasteiger partial charge in [0.15, 0.2) is 0 Å². The molecule has 4 nitrogen and oxygen atoms in total. The second-order valence-electron chi connectivity index (χ2n) is 3.58. The lowest BCUT2D eigenvalue weighted by Gasteiger charge is -2.28. The minimum atomic E-state index is -0.510. The second kappa shape index (κ2) is 5.40. The maximum atomic E-state index is 11.0. The Morgan fingerprint density at radius 2 is 1.53 bits per heavy atom. The minimum absolute atomic E-state index is 0.343. The van der Waals surface area contributed by atoms with E-state index in [0.29, 0.717) is 19.3 Å². The molecule has 0 aromatic carbocycles. The standard InChI is InChI=1S/C9H9Cl2NO3/c10-8(14)5-1-6(9(11)15)3-7(2-5)12-4-13/h5-7H,1-3H2. The average molecular weight is 250 g/mol. The number of isocyanates is 1. The van der Waals surface area contributed by atoms with Crippen molar-refractivity contribution in [3.63, 3.8) is 0 Å². The zero-order chi connectivity index (χ0) is 11.4. The lowest BCUT2D eigenvalue weighted by atomic mass is 9.80. The predicted molar refractivity (Wildman–Crippen MR) is 54.5 cm³/mol. The van der Waals surface area contributed by atoms with E-state index in [1.807, 2.05) is 0 Å². The fourth-order valence-electron chi connectivity index (χ4n) is 1.84. The molecule has 0 saturated heterocycles. The van der Waals surface area contributed by atoms with Crippen LogP contribution in [0.5, 0.6) is 0 Å². The van der Waals surface area contributed by atoms with E-state index in [2.05, 4.69) is 4.99 Å². The quantitative estimate of drug-likeness (QED) is 0.434. The van der Waals surface area contributed by atoms with Gasteiger partial charge in [-0.25, -0.2) is 9.79 Å². The molecule has 0 N–H and O–H groups in total. The molecule has 1 aliphatic rings. The van der Waals surface area contributed by atoms with E-state index in [1.165, 1.54) is 6.08 Å². The summed E-state index contributed by atoms with van der Waals surface area (Å²) >= 11 is 10.7. The van der Waals surface area contributed by atoms with Gasteiger partial charge in [-0.15, -0.1) is 0 Å². The molecule has 6 heteroatoms. The fraction of sp³-hybridized carbons (Fsp3) is 0.667. The normalized spacial score (nSPS) is 30.4. The van der Waals surface area contributed by atoms with Crippen molar-refractivity contribution in [3.05, 3.63) is 0 Å². The third-order valence-electron chi connectivity index (χ3n) is 2.56. The highest BCUT2D eigenvalue weighted by Crippen LogP contribution is 2.33. The molecule has 1 rings (SSSR count). The lowest BCUT2D eigenvalue weighted by Crippen LogP contribution is -2.31. The van der Waals surface area contributed by atoms with Crippen molar-refractivity contribution in [2.24, 2.45) is 16.8 Å². The summed E-state index contributed by atoms with van der Waals surface area (Å²) in [4.78, 5) is 35.6. The van der Waals surface area contributed by atoms with E-state index in [-0.39, 0.29) is 6.04 Å². The molecule has 2 atom stereocenters. The number of rotatable bonds is 3. The van der Waals surface area contributed by atoms with Crippen molar-refractivity contribution in [1.29, 1.82) is 0 Å². The average Bonchev–Trinajstić information content (AvgIpc) is 2.17. The van der Waals surface area contributed by atoms with Crippen LogP contribution >= 0.6 is 23.2 Å². The summed E-state index contributed by atoms with van der Waals surface area (Å²) in [6.07, 6.45) is 2.54. The van der Waals surface area contributed by atoms with E-state index < -0.39 is 22.3 Å². The molecule has 0 spiro atoms. The van der Waals surface area contributed by atoms with E-state index in [0.717, 1.165) is 0 Å². The number of carbonyl (C=O) groups excluding carboxylic acids is 3. The Balaban J connectivity index is 2.76. The molecule has 1 saturated carbocycles. The van der Waals surface area contributed by atoms with Gasteiger partial charge in [0.05, 0.1) is 6.04 Å². The summed E-state index contributed by atoms with van der Waals surface area (Å²) in [7, 11) is 0. The maximum absolute atomic E-state index is 11.0. The first-order valence-electron chi connectivity index (χ1n) is 4.50. The van der Waals surface area contributed by atoms with Crippen LogP contribution < -0.4 is 0 Å². The zero-order valence-electron chi connectivity index (χ0n) is 7.78. The lowest BCUT2D eigenvalue weighted by molar-refractivity contribution is -0.120. The van der Waals surface area contributed by atoms with Crippen molar-refractivity contribution in [3.8, 4) is 0 Å². The van der Waals surface area contributed by atoms with Crippen LogP contribution in [0, 0.1) is 11.8 Å². The number of hydrogen-bond acceptors (Lipinski definition) is 4. The highest BCUT2D eigenvalue weighted by atomic mass is 35.5. The van der Waals surface area contributed by atoms with Gasteiger partial charge in [0, 0.05) is 11.8 Å². The van der Waals surface area contributed by atoms with Gasteiger partial charge in [0.25, 0.3) is 0 Å². The molecule has 1 aliphatic carbocycles. The molecule has 1 fully saturated rings. The molecule has 0 aromatic rings. The summed E-state index contributed by atoms with van der Waals surface area (Å²) in [5.41, 5.74) is 0. The Morgan fingerprint density at radius 1 is 1.07 bits per heavy atom. The van der Waals surface area contributed by atoms with Crippen LogP contribution in [-0.2, 0) is 14.4 Å². The third-order valence-corrected chi connectivity index (χ3v) is 3.18. The first-order chi connectivity index (χ1) is 7.04. The first kappa shape index (κ1) is 12.4. The van der Waals surface area contributed by atoms with Crippen molar-refractivity contribution < 1.29 is 14.4 Å². The molecule has 0 aliphatic heterocycles. The molecule has 0 amide bonds. The topological polar surface area (TPSA) is 63.6 Å². The third kappa shape index (κ3) is 3.42. The van der Waals surface area contributed by atoms with Crippen LogP contribution in [0.1, 0.15) is 19.3 Å². The molecule has 0 heterocycles. The van der Waals surface area contributed by atoms with Gasteiger partial charge in [-0.3, -0.25) is 9.59 Å². The number of carbonyl (C=O) groups is 2. The van der Waals surface area contributed by atoms with E-state index in [4.69, 9.17) is 23.2 Å². The van der Waals surface area contributed by atoms with Crippen LogP contribution in [0.4, 0.5) is 0 Å². The van der Waals surface area contributed by atoms with Gasteiger partial charge in [-0.2, -0.15) is 0 Å². The molecule has 2 unspecified atom stereocenters. The Morgan fingerprint density at radius 3 is 1.87 bits per heavy atom. The smallest absolute Gasteiger partial charge is 0.235 e. The Labute approximate surface area is 96.6 Å². The Hall–Kier alpha value is -0.700. The fourth-order valence-corrected chi connectivity index (χ4v) is 2.20. The highest BCUT2D eigenvalue weighted by molar-refractivity contribution is 6.64. The Kier molecular flexibility index (Phi) is 4.45. The van der Waals surface area contributed by atoms with Gasteiger partial charge >= 0.3 is 0 Å². The summed E-state index contributed by atoms with van der Waals surface area (Å²) in [5.74, 6) is -0.898. The van der Waals surface area contributed by atoms with Crippen LogP contribution in [-0.4, -0.2) is 22.6 Å². The number of aliphatic imine (C=N–C) groups is 1. The molecule has 15 heavy (non-hydrogen) atoms. The summed E-state index contributed by atoms with van der Waals surface area (Å²) in [5, 5.41) is -1.02. The monoisotopic (exact) mass is 249 g/mol. The van der Waals surface area contributed by atoms with Crippen molar-refractivity contribution in [2.75, 3.05) is 0 Å². The number of hydrogen-bond donors (Lipinski definition) is 0. The highest BCUT2D eigenvalue weighted by Gasteiger charge is 2.34. The molecular formula is C9H9Cl2NO3. The van der Waals surface area contributed by atoms with Crippen molar-refractivity contribution >= 4 is 39.8 Å². The van der Waals surface area contributed by atoms with E-state index in [9.17, 15) is 14.4 Å². The van der Waals surface area contributed by atoms with Crippen LogP contribution in [0.2, 0.25) is 0 Å². The molecule has 0 radical (unpaired) electrons. The summed E-state index contributed by atoms with van der Waals surface area (Å²) in [6, 6.07) is -0.378. The van der Waals surface area contributed by atoms with Gasteiger partial charge in [-0.1, -0.05) is 0 Å². The van der Waals surface area contributed by atoms with Crippen LogP contribution in [0.25, 0.3) is 0 Å². The molecule has 0 aromatic heterocycles. The predicted octanol–water partition coefficient (Wildman–Crippen LogP) is 1.64. The van der Waals surface area contributed by atoms with Crippen LogP contribution in [0.15, 0.2) is 4.99 Å². The second-order valence-corrected chi connectivity index (χ2v) is 4.33. The molecule has 82 valence electrons. The summed E-state index contributed by atoms with van der Waals surface area (Å²) in [6.45, 7) is 0. The van der Waals surface area contributed by atoms with Gasteiger partial charge in [0.1, 0.15) is 0 Å². The maximum Gasteiger partial charge on any atom is 0.235 e. The van der Waals surface area contributed by atoms with Gasteiger partial charge in [-0.05, 0) is 42.5 Å². The van der Waals surface area contributed by atoms with E-state index in [1.54, 1.807) is 0 Å². The van der Waals surface area contributed by atoms with Gasteiger partial charge < -0.3 is 0 Å². The van der Waals surface area contributed by atoms with Crippen molar-refractivity contribution in [2.45, 2.75) is 25.3 Å². The molecular weight excluding hydrogens is 241 g/mol. The van der Waals surface area contributed by atoms with E-state index >= 15 is 0 Å². The molecule has 0 bridgehead atoms. The van der Waals surface area contributed by atoms with Crippen LogP contribution in [0.3, 0.4) is 0 Å². The van der Waals surface area contributed by atoms with Crippen molar-refractivity contribution in [1.82, 2.24) is 0 Å². The Bertz CT molecular complexity index is 288. The van der Waals surface area contributed by atoms with Gasteiger partial charge in [0.2, 0.25) is 16.6 Å². The largest absolute Gasteiger partial charge is 0.281 e. The summed E-state index contributed by atoms with van der Waals surface area (Å²) < 4.78 is 0. The SMILES string of the molecule is O=C=NC1CC(C(=O)Cl)CC(C(=O)Cl)C1. The number of nitrogens with zero attached hydrogens (tertiary/aromatic N) is 1. The number of halogens is 2. The first-order valence-corrected chi connectivity index (χ1v) is 5.25.